The minimum atomic E-state index is 0.593. The summed E-state index contributed by atoms with van der Waals surface area (Å²) in [4.78, 5) is 0. The molecule has 0 aromatic carbocycles. The van der Waals surface area contributed by atoms with Crippen molar-refractivity contribution in [3.8, 4) is 0 Å². The summed E-state index contributed by atoms with van der Waals surface area (Å²) in [6.45, 7) is 6.56. The summed E-state index contributed by atoms with van der Waals surface area (Å²) >= 11 is 0. The molecule has 2 atom stereocenters. The molecule has 3 nitrogen and oxygen atoms in total. The molecule has 0 radical (unpaired) electrons. The maximum atomic E-state index is 4.47. The lowest BCUT2D eigenvalue weighted by atomic mass is 9.96. The first-order chi connectivity index (χ1) is 6.27. The molecular weight excluding hydrogens is 162 g/mol. The standard InChI is InChI=1S/C10H17N3/c1-8-7-11-5-3-10(8)13-6-4-9(2)12-13/h4,6,8,10-11H,3,5,7H2,1-2H3. The zero-order valence-electron chi connectivity index (χ0n) is 8.33. The molecule has 1 aromatic rings. The van der Waals surface area contributed by atoms with E-state index in [9.17, 15) is 0 Å². The second-order valence-corrected chi connectivity index (χ2v) is 3.97. The number of nitrogens with one attached hydrogen (secondary N) is 1. The van der Waals surface area contributed by atoms with Gasteiger partial charge in [-0.15, -0.1) is 0 Å². The van der Waals surface area contributed by atoms with Crippen LogP contribution in [0.25, 0.3) is 0 Å². The van der Waals surface area contributed by atoms with E-state index in [2.05, 4.69) is 34.3 Å². The molecule has 0 bridgehead atoms. The number of hydrogen-bond acceptors (Lipinski definition) is 2. The van der Waals surface area contributed by atoms with Gasteiger partial charge in [-0.05, 0) is 38.4 Å². The Morgan fingerprint density at radius 3 is 3.08 bits per heavy atom. The predicted molar refractivity (Wildman–Crippen MR) is 52.7 cm³/mol. The molecule has 2 rings (SSSR count). The molecule has 2 unspecified atom stereocenters. The third-order valence-corrected chi connectivity index (χ3v) is 2.82. The SMILES string of the molecule is Cc1ccn(C2CCNCC2C)n1. The number of nitrogens with zero attached hydrogens (tertiary/aromatic N) is 2. The van der Waals surface area contributed by atoms with E-state index in [1.54, 1.807) is 0 Å². The van der Waals surface area contributed by atoms with Crippen molar-refractivity contribution in [2.24, 2.45) is 5.92 Å². The van der Waals surface area contributed by atoms with Crippen molar-refractivity contribution in [1.82, 2.24) is 15.1 Å². The van der Waals surface area contributed by atoms with Gasteiger partial charge in [0.1, 0.15) is 0 Å². The van der Waals surface area contributed by atoms with Crippen LogP contribution in [0.4, 0.5) is 0 Å². The van der Waals surface area contributed by atoms with E-state index in [0.29, 0.717) is 12.0 Å². The fourth-order valence-electron chi connectivity index (χ4n) is 2.01. The van der Waals surface area contributed by atoms with E-state index in [1.165, 1.54) is 6.42 Å². The summed E-state index contributed by atoms with van der Waals surface area (Å²) in [5.41, 5.74) is 1.12. The van der Waals surface area contributed by atoms with Crippen LogP contribution in [0, 0.1) is 12.8 Å². The highest BCUT2D eigenvalue weighted by Gasteiger charge is 2.22. The van der Waals surface area contributed by atoms with Crippen LogP contribution in [0.3, 0.4) is 0 Å². The predicted octanol–water partition coefficient (Wildman–Crippen LogP) is 1.36. The normalized spacial score (nSPS) is 29.1. The lowest BCUT2D eigenvalue weighted by molar-refractivity contribution is 0.255. The number of hydrogen-bond donors (Lipinski definition) is 1. The lowest BCUT2D eigenvalue weighted by Gasteiger charge is -2.29. The topological polar surface area (TPSA) is 29.9 Å². The first kappa shape index (κ1) is 8.75. The minimum Gasteiger partial charge on any atom is -0.316 e. The van der Waals surface area contributed by atoms with Gasteiger partial charge in [0.25, 0.3) is 0 Å². The van der Waals surface area contributed by atoms with Crippen LogP contribution in [0.15, 0.2) is 12.3 Å². The fourth-order valence-corrected chi connectivity index (χ4v) is 2.01. The number of piperidine rings is 1. The van der Waals surface area contributed by atoms with Crippen molar-refractivity contribution in [3.05, 3.63) is 18.0 Å². The average molecular weight is 179 g/mol. The van der Waals surface area contributed by atoms with Crippen LogP contribution in [0.2, 0.25) is 0 Å². The van der Waals surface area contributed by atoms with Crippen LogP contribution in [-0.4, -0.2) is 22.9 Å². The van der Waals surface area contributed by atoms with Crippen molar-refractivity contribution in [2.75, 3.05) is 13.1 Å². The smallest absolute Gasteiger partial charge is 0.0593 e. The summed E-state index contributed by atoms with van der Waals surface area (Å²) in [5, 5.41) is 7.87. The van der Waals surface area contributed by atoms with Gasteiger partial charge in [-0.1, -0.05) is 6.92 Å². The highest BCUT2D eigenvalue weighted by atomic mass is 15.3. The summed E-state index contributed by atoms with van der Waals surface area (Å²) in [6, 6.07) is 2.67. The van der Waals surface area contributed by atoms with Crippen LogP contribution < -0.4 is 5.32 Å². The van der Waals surface area contributed by atoms with Gasteiger partial charge >= 0.3 is 0 Å². The lowest BCUT2D eigenvalue weighted by Crippen LogP contribution is -2.36. The second kappa shape index (κ2) is 3.50. The summed E-state index contributed by atoms with van der Waals surface area (Å²) in [5.74, 6) is 0.688. The number of rotatable bonds is 1. The Morgan fingerprint density at radius 2 is 2.46 bits per heavy atom. The molecular formula is C10H17N3. The Hall–Kier alpha value is -0.830. The largest absolute Gasteiger partial charge is 0.316 e. The van der Waals surface area contributed by atoms with Gasteiger partial charge in [-0.3, -0.25) is 4.68 Å². The molecule has 1 N–H and O–H groups in total. The summed E-state index contributed by atoms with van der Waals surface area (Å²) < 4.78 is 2.13. The van der Waals surface area contributed by atoms with E-state index < -0.39 is 0 Å². The van der Waals surface area contributed by atoms with Crippen molar-refractivity contribution in [1.29, 1.82) is 0 Å². The zero-order chi connectivity index (χ0) is 9.26. The number of aromatic nitrogens is 2. The van der Waals surface area contributed by atoms with E-state index in [4.69, 9.17) is 0 Å². The molecule has 0 aliphatic carbocycles. The van der Waals surface area contributed by atoms with Crippen molar-refractivity contribution >= 4 is 0 Å². The molecule has 0 saturated carbocycles. The van der Waals surface area contributed by atoms with Crippen molar-refractivity contribution in [2.45, 2.75) is 26.3 Å². The second-order valence-electron chi connectivity index (χ2n) is 3.97. The molecule has 1 aliphatic rings. The van der Waals surface area contributed by atoms with Crippen molar-refractivity contribution in [3.63, 3.8) is 0 Å². The van der Waals surface area contributed by atoms with Crippen LogP contribution in [-0.2, 0) is 0 Å². The van der Waals surface area contributed by atoms with E-state index in [0.717, 1.165) is 18.8 Å². The maximum Gasteiger partial charge on any atom is 0.0593 e. The highest BCUT2D eigenvalue weighted by molar-refractivity contribution is 4.97. The molecule has 72 valence electrons. The van der Waals surface area contributed by atoms with Gasteiger partial charge in [0.15, 0.2) is 0 Å². The van der Waals surface area contributed by atoms with Crippen LogP contribution in [0.1, 0.15) is 25.1 Å². The van der Waals surface area contributed by atoms with Crippen LogP contribution in [0.5, 0.6) is 0 Å². The van der Waals surface area contributed by atoms with Gasteiger partial charge in [-0.25, -0.2) is 0 Å². The summed E-state index contributed by atoms with van der Waals surface area (Å²) in [7, 11) is 0. The monoisotopic (exact) mass is 179 g/mol. The first-order valence-corrected chi connectivity index (χ1v) is 5.00. The third-order valence-electron chi connectivity index (χ3n) is 2.82. The van der Waals surface area contributed by atoms with E-state index in [1.807, 2.05) is 6.92 Å². The molecule has 1 aliphatic heterocycles. The molecule has 1 aromatic heterocycles. The number of aryl methyl sites for hydroxylation is 1. The molecule has 3 heteroatoms. The molecule has 0 amide bonds. The average Bonchev–Trinajstić information content (AvgIpc) is 2.53. The van der Waals surface area contributed by atoms with Gasteiger partial charge < -0.3 is 5.32 Å². The molecule has 0 spiro atoms. The Balaban J connectivity index is 2.14. The van der Waals surface area contributed by atoms with Gasteiger partial charge in [0.2, 0.25) is 0 Å². The maximum absolute atomic E-state index is 4.47. The van der Waals surface area contributed by atoms with Crippen molar-refractivity contribution < 1.29 is 0 Å². The summed E-state index contributed by atoms with van der Waals surface area (Å²) in [6.07, 6.45) is 3.30. The minimum absolute atomic E-state index is 0.593. The zero-order valence-corrected chi connectivity index (χ0v) is 8.33. The van der Waals surface area contributed by atoms with Gasteiger partial charge in [-0.2, -0.15) is 5.10 Å². The molecule has 1 saturated heterocycles. The Bertz CT molecular complexity index is 279. The molecule has 2 heterocycles. The third kappa shape index (κ3) is 1.75. The van der Waals surface area contributed by atoms with E-state index in [-0.39, 0.29) is 0 Å². The van der Waals surface area contributed by atoms with Crippen LogP contribution >= 0.6 is 0 Å². The molecule has 1 fully saturated rings. The Kier molecular flexibility index (Phi) is 2.36. The van der Waals surface area contributed by atoms with E-state index >= 15 is 0 Å². The highest BCUT2D eigenvalue weighted by Crippen LogP contribution is 2.23. The first-order valence-electron chi connectivity index (χ1n) is 5.00. The Morgan fingerprint density at radius 1 is 1.62 bits per heavy atom. The van der Waals surface area contributed by atoms with Gasteiger partial charge in [0, 0.05) is 6.20 Å². The quantitative estimate of drug-likeness (QED) is 0.705. The Labute approximate surface area is 79.1 Å². The fraction of sp³-hybridized carbons (Fsp3) is 0.700. The van der Waals surface area contributed by atoms with Gasteiger partial charge in [0.05, 0.1) is 11.7 Å². The molecule has 13 heavy (non-hydrogen) atoms.